The van der Waals surface area contributed by atoms with Crippen LogP contribution in [0.3, 0.4) is 0 Å². The first-order valence-corrected chi connectivity index (χ1v) is 6.68. The van der Waals surface area contributed by atoms with Crippen molar-refractivity contribution in [3.05, 3.63) is 29.1 Å². The van der Waals surface area contributed by atoms with Crippen molar-refractivity contribution in [1.29, 1.82) is 5.26 Å². The molecule has 0 aliphatic heterocycles. The van der Waals surface area contributed by atoms with E-state index in [1.54, 1.807) is 0 Å². The molecule has 0 saturated heterocycles. The molecule has 0 amide bonds. The molecule has 1 aromatic heterocycles. The number of aryl methyl sites for hydroxylation is 1. The topological polar surface area (TPSA) is 74.0 Å². The highest BCUT2D eigenvalue weighted by atomic mass is 16.4. The zero-order chi connectivity index (χ0) is 13.8. The molecule has 1 saturated carbocycles. The second-order valence-electron chi connectivity index (χ2n) is 5.35. The number of hydrogen-bond donors (Lipinski definition) is 1. The minimum absolute atomic E-state index is 0.165. The van der Waals surface area contributed by atoms with E-state index in [1.807, 2.05) is 19.2 Å². The first kappa shape index (κ1) is 13.5. The van der Waals surface area contributed by atoms with Gasteiger partial charge in [-0.1, -0.05) is 0 Å². The van der Waals surface area contributed by atoms with Crippen molar-refractivity contribution in [2.45, 2.75) is 39.0 Å². The van der Waals surface area contributed by atoms with Gasteiger partial charge in [-0.2, -0.15) is 5.26 Å². The molecule has 1 fully saturated rings. The molecule has 0 unspecified atom stereocenters. The maximum absolute atomic E-state index is 10.9. The van der Waals surface area contributed by atoms with Crippen LogP contribution in [0, 0.1) is 30.1 Å². The maximum Gasteiger partial charge on any atom is 0.306 e. The third kappa shape index (κ3) is 3.31. The second kappa shape index (κ2) is 5.83. The molecule has 4 nitrogen and oxygen atoms in total. The van der Waals surface area contributed by atoms with Gasteiger partial charge in [0.1, 0.15) is 6.07 Å². The molecule has 100 valence electrons. The minimum Gasteiger partial charge on any atom is -0.481 e. The highest BCUT2D eigenvalue weighted by molar-refractivity contribution is 5.69. The monoisotopic (exact) mass is 258 g/mol. The van der Waals surface area contributed by atoms with Crippen molar-refractivity contribution in [3.63, 3.8) is 0 Å². The lowest BCUT2D eigenvalue weighted by atomic mass is 9.79. The smallest absolute Gasteiger partial charge is 0.306 e. The number of aromatic nitrogens is 1. The van der Waals surface area contributed by atoms with Crippen LogP contribution >= 0.6 is 0 Å². The van der Waals surface area contributed by atoms with Gasteiger partial charge in [-0.3, -0.25) is 9.78 Å². The van der Waals surface area contributed by atoms with Gasteiger partial charge in [0.15, 0.2) is 0 Å². The lowest BCUT2D eigenvalue weighted by molar-refractivity contribution is -0.143. The largest absolute Gasteiger partial charge is 0.481 e. The first-order chi connectivity index (χ1) is 9.10. The maximum atomic E-state index is 10.9. The van der Waals surface area contributed by atoms with E-state index >= 15 is 0 Å². The molecule has 0 atom stereocenters. The van der Waals surface area contributed by atoms with Crippen LogP contribution in [0.5, 0.6) is 0 Å². The molecular weight excluding hydrogens is 240 g/mol. The summed E-state index contributed by atoms with van der Waals surface area (Å²) >= 11 is 0. The summed E-state index contributed by atoms with van der Waals surface area (Å²) in [7, 11) is 0. The summed E-state index contributed by atoms with van der Waals surface area (Å²) in [5.41, 5.74) is 2.48. The predicted octanol–water partition coefficient (Wildman–Crippen LogP) is 2.70. The summed E-state index contributed by atoms with van der Waals surface area (Å²) in [5.74, 6) is -0.309. The van der Waals surface area contributed by atoms with Crippen LogP contribution in [0.25, 0.3) is 0 Å². The highest BCUT2D eigenvalue weighted by Crippen LogP contribution is 2.31. The van der Waals surface area contributed by atoms with Crippen LogP contribution < -0.4 is 0 Å². The highest BCUT2D eigenvalue weighted by Gasteiger charge is 2.25. The molecule has 0 radical (unpaired) electrons. The summed E-state index contributed by atoms with van der Waals surface area (Å²) in [4.78, 5) is 15.1. The fourth-order valence-electron chi connectivity index (χ4n) is 2.75. The second-order valence-corrected chi connectivity index (χ2v) is 5.35. The predicted molar refractivity (Wildman–Crippen MR) is 70.5 cm³/mol. The third-order valence-electron chi connectivity index (χ3n) is 3.98. The molecule has 0 bridgehead atoms. The van der Waals surface area contributed by atoms with Crippen LogP contribution in [0.2, 0.25) is 0 Å². The lowest BCUT2D eigenvalue weighted by Crippen LogP contribution is -2.22. The molecular formula is C15H18N2O2. The number of rotatable bonds is 3. The minimum atomic E-state index is -0.665. The van der Waals surface area contributed by atoms with Gasteiger partial charge in [0.25, 0.3) is 0 Å². The van der Waals surface area contributed by atoms with E-state index in [1.165, 1.54) is 0 Å². The molecule has 0 spiro atoms. The Morgan fingerprint density at radius 1 is 1.47 bits per heavy atom. The van der Waals surface area contributed by atoms with Crippen LogP contribution in [-0.2, 0) is 11.2 Å². The van der Waals surface area contributed by atoms with E-state index in [-0.39, 0.29) is 5.92 Å². The molecule has 1 aliphatic rings. The van der Waals surface area contributed by atoms with E-state index < -0.39 is 5.97 Å². The Morgan fingerprint density at radius 2 is 2.16 bits per heavy atom. The Morgan fingerprint density at radius 3 is 2.74 bits per heavy atom. The number of pyridine rings is 1. The van der Waals surface area contributed by atoms with Crippen LogP contribution in [0.1, 0.15) is 42.5 Å². The standard InChI is InChI=1S/C15H18N2O2/c1-10-14(8-16)7-12(9-17-10)6-11-2-4-13(5-3-11)15(18)19/h7,9,11,13H,2-6H2,1H3,(H,18,19). The van der Waals surface area contributed by atoms with Gasteiger partial charge in [0, 0.05) is 6.20 Å². The molecule has 1 aliphatic carbocycles. The van der Waals surface area contributed by atoms with E-state index in [4.69, 9.17) is 10.4 Å². The van der Waals surface area contributed by atoms with Gasteiger partial charge in [-0.05, 0) is 56.6 Å². The molecule has 4 heteroatoms. The SMILES string of the molecule is Cc1ncc(CC2CCC(C(=O)O)CC2)cc1C#N. The Kier molecular flexibility index (Phi) is 4.16. The van der Waals surface area contributed by atoms with Gasteiger partial charge < -0.3 is 5.11 Å². The Bertz CT molecular complexity index is 511. The van der Waals surface area contributed by atoms with E-state index in [2.05, 4.69) is 11.1 Å². The molecule has 19 heavy (non-hydrogen) atoms. The van der Waals surface area contributed by atoms with Gasteiger partial charge in [0.05, 0.1) is 17.2 Å². The fraction of sp³-hybridized carbons (Fsp3) is 0.533. The van der Waals surface area contributed by atoms with Crippen LogP contribution in [-0.4, -0.2) is 16.1 Å². The van der Waals surface area contributed by atoms with Crippen molar-refractivity contribution in [1.82, 2.24) is 4.98 Å². The molecule has 1 aromatic rings. The van der Waals surface area contributed by atoms with Gasteiger partial charge >= 0.3 is 5.97 Å². The van der Waals surface area contributed by atoms with Crippen molar-refractivity contribution < 1.29 is 9.90 Å². The van der Waals surface area contributed by atoms with Crippen molar-refractivity contribution >= 4 is 5.97 Å². The molecule has 0 aromatic carbocycles. The van der Waals surface area contributed by atoms with E-state index in [0.717, 1.165) is 43.4 Å². The van der Waals surface area contributed by atoms with Crippen molar-refractivity contribution in [2.75, 3.05) is 0 Å². The van der Waals surface area contributed by atoms with Crippen molar-refractivity contribution in [2.24, 2.45) is 11.8 Å². The van der Waals surface area contributed by atoms with E-state index in [9.17, 15) is 4.79 Å². The first-order valence-electron chi connectivity index (χ1n) is 6.68. The summed E-state index contributed by atoms with van der Waals surface area (Å²) in [6.45, 7) is 1.83. The number of nitriles is 1. The number of hydrogen-bond acceptors (Lipinski definition) is 3. The number of carboxylic acid groups (broad SMARTS) is 1. The van der Waals surface area contributed by atoms with Crippen molar-refractivity contribution in [3.8, 4) is 6.07 Å². The quantitative estimate of drug-likeness (QED) is 0.904. The Balaban J connectivity index is 1.96. The average Bonchev–Trinajstić information content (AvgIpc) is 2.41. The number of aliphatic carboxylic acids is 1. The third-order valence-corrected chi connectivity index (χ3v) is 3.98. The van der Waals surface area contributed by atoms with Gasteiger partial charge in [-0.15, -0.1) is 0 Å². The van der Waals surface area contributed by atoms with E-state index in [0.29, 0.717) is 11.5 Å². The molecule has 2 rings (SSSR count). The molecule has 1 N–H and O–H groups in total. The number of nitrogens with zero attached hydrogens (tertiary/aromatic N) is 2. The van der Waals surface area contributed by atoms with Gasteiger partial charge in [-0.25, -0.2) is 0 Å². The van der Waals surface area contributed by atoms with Gasteiger partial charge in [0.2, 0.25) is 0 Å². The summed E-state index contributed by atoms with van der Waals surface area (Å²) in [5, 5.41) is 18.0. The normalized spacial score (nSPS) is 22.7. The zero-order valence-electron chi connectivity index (χ0n) is 11.1. The summed E-state index contributed by atoms with van der Waals surface area (Å²) < 4.78 is 0. The lowest BCUT2D eigenvalue weighted by Gasteiger charge is -2.26. The molecule has 1 heterocycles. The van der Waals surface area contributed by atoms with Crippen LogP contribution in [0.15, 0.2) is 12.3 Å². The summed E-state index contributed by atoms with van der Waals surface area (Å²) in [6, 6.07) is 4.06. The Labute approximate surface area is 113 Å². The fourth-order valence-corrected chi connectivity index (χ4v) is 2.75. The Hall–Kier alpha value is -1.89. The van der Waals surface area contributed by atoms with Crippen LogP contribution in [0.4, 0.5) is 0 Å². The number of carboxylic acids is 1. The summed E-state index contributed by atoms with van der Waals surface area (Å²) in [6.07, 6.45) is 6.17. The average molecular weight is 258 g/mol. The zero-order valence-corrected chi connectivity index (χ0v) is 11.1. The number of carbonyl (C=O) groups is 1.